The molecule has 0 saturated heterocycles. The summed E-state index contributed by atoms with van der Waals surface area (Å²) in [6, 6.07) is 10.2. The zero-order chi connectivity index (χ0) is 15.8. The average molecular weight is 299 g/mol. The minimum Gasteiger partial charge on any atom is -0.379 e. The summed E-state index contributed by atoms with van der Waals surface area (Å²) in [5.41, 5.74) is 1.26. The molecule has 0 saturated carbocycles. The lowest BCUT2D eigenvalue weighted by molar-refractivity contribution is -0.127. The van der Waals surface area contributed by atoms with Crippen LogP contribution < -0.4 is 5.32 Å². The number of aliphatic hydroxyl groups is 1. The van der Waals surface area contributed by atoms with Crippen LogP contribution in [0.2, 0.25) is 0 Å². The smallest absolute Gasteiger partial charge is 0.253 e. The first-order valence-electron chi connectivity index (χ1n) is 7.33. The molecule has 1 unspecified atom stereocenters. The highest BCUT2D eigenvalue weighted by Gasteiger charge is 2.12. The number of aryl methyl sites for hydroxylation is 2. The van der Waals surface area contributed by atoms with Crippen LogP contribution in [0.1, 0.15) is 18.3 Å². The van der Waals surface area contributed by atoms with E-state index in [0.29, 0.717) is 6.54 Å². The second-order valence-corrected chi connectivity index (χ2v) is 4.96. The molecule has 0 fully saturated rings. The van der Waals surface area contributed by atoms with Gasteiger partial charge in [0.2, 0.25) is 0 Å². The quantitative estimate of drug-likeness (QED) is 0.764. The predicted molar refractivity (Wildman–Crippen MR) is 85.0 cm³/mol. The Morgan fingerprint density at radius 2 is 2.18 bits per heavy atom. The highest BCUT2D eigenvalue weighted by atomic mass is 16.3. The van der Waals surface area contributed by atoms with E-state index >= 15 is 0 Å². The van der Waals surface area contributed by atoms with Crippen molar-refractivity contribution in [3.05, 3.63) is 66.3 Å². The van der Waals surface area contributed by atoms with E-state index in [4.69, 9.17) is 0 Å². The molecule has 0 radical (unpaired) electrons. The van der Waals surface area contributed by atoms with Crippen LogP contribution in [0, 0.1) is 0 Å². The summed E-state index contributed by atoms with van der Waals surface area (Å²) < 4.78 is 2.01. The van der Waals surface area contributed by atoms with Gasteiger partial charge in [0.25, 0.3) is 5.91 Å². The fourth-order valence-electron chi connectivity index (χ4n) is 2.15. The molecule has 1 aromatic carbocycles. The summed E-state index contributed by atoms with van der Waals surface area (Å²) in [5, 5.41) is 12.2. The lowest BCUT2D eigenvalue weighted by Crippen LogP contribution is -2.33. The molecule has 1 heterocycles. The molecule has 5 nitrogen and oxygen atoms in total. The predicted octanol–water partition coefficient (Wildman–Crippen LogP) is 1.68. The maximum atomic E-state index is 11.7. The molecule has 1 amide bonds. The standard InChI is InChI=1S/C17H21N3O2/c1-2-6-15(21)17(22)19-13-16-18-10-12-20(16)11-9-14-7-4-3-5-8-14/h2-8,10,12,15,21H,9,11,13H2,1H3,(H,19,22)/b6-2+. The molecule has 0 bridgehead atoms. The average Bonchev–Trinajstić information content (AvgIpc) is 2.99. The number of nitrogens with zero attached hydrogens (tertiary/aromatic N) is 2. The van der Waals surface area contributed by atoms with E-state index in [1.54, 1.807) is 19.2 Å². The van der Waals surface area contributed by atoms with Crippen molar-refractivity contribution in [2.24, 2.45) is 0 Å². The highest BCUT2D eigenvalue weighted by molar-refractivity contribution is 5.82. The normalized spacial score (nSPS) is 12.5. The first kappa shape index (κ1) is 16.0. The van der Waals surface area contributed by atoms with Crippen LogP contribution in [-0.2, 0) is 24.3 Å². The Morgan fingerprint density at radius 1 is 1.41 bits per heavy atom. The topological polar surface area (TPSA) is 67.2 Å². The van der Waals surface area contributed by atoms with Crippen LogP contribution >= 0.6 is 0 Å². The SMILES string of the molecule is C/C=C/C(O)C(=O)NCc1nccn1CCc1ccccc1. The molecule has 0 aliphatic heterocycles. The Labute approximate surface area is 130 Å². The number of hydrogen-bond donors (Lipinski definition) is 2. The molecule has 2 aromatic rings. The van der Waals surface area contributed by atoms with Crippen LogP contribution in [0.15, 0.2) is 54.9 Å². The zero-order valence-corrected chi connectivity index (χ0v) is 12.6. The second kappa shape index (κ2) is 8.14. The summed E-state index contributed by atoms with van der Waals surface area (Å²) in [4.78, 5) is 15.9. The number of carbonyl (C=O) groups excluding carboxylic acids is 1. The molecular formula is C17H21N3O2. The number of hydrogen-bond acceptors (Lipinski definition) is 3. The van der Waals surface area contributed by atoms with Crippen molar-refractivity contribution in [1.82, 2.24) is 14.9 Å². The number of carbonyl (C=O) groups is 1. The Kier molecular flexibility index (Phi) is 5.91. The van der Waals surface area contributed by atoms with Gasteiger partial charge in [0.15, 0.2) is 6.10 Å². The Morgan fingerprint density at radius 3 is 2.91 bits per heavy atom. The van der Waals surface area contributed by atoms with Crippen molar-refractivity contribution in [3.8, 4) is 0 Å². The molecule has 1 aromatic heterocycles. The fourth-order valence-corrected chi connectivity index (χ4v) is 2.15. The Balaban J connectivity index is 1.88. The Hall–Kier alpha value is -2.40. The van der Waals surface area contributed by atoms with Gasteiger partial charge in [0.1, 0.15) is 5.82 Å². The van der Waals surface area contributed by atoms with E-state index in [1.165, 1.54) is 11.6 Å². The van der Waals surface area contributed by atoms with Crippen LogP contribution in [0.3, 0.4) is 0 Å². The molecule has 22 heavy (non-hydrogen) atoms. The molecule has 2 N–H and O–H groups in total. The molecule has 116 valence electrons. The van der Waals surface area contributed by atoms with Gasteiger partial charge in [-0.2, -0.15) is 0 Å². The number of nitrogens with one attached hydrogen (secondary N) is 1. The van der Waals surface area contributed by atoms with Gasteiger partial charge in [-0.15, -0.1) is 0 Å². The van der Waals surface area contributed by atoms with Gasteiger partial charge in [-0.05, 0) is 18.9 Å². The number of imidazole rings is 1. The zero-order valence-electron chi connectivity index (χ0n) is 12.6. The summed E-state index contributed by atoms with van der Waals surface area (Å²) in [6.45, 7) is 2.86. The van der Waals surface area contributed by atoms with Crippen LogP contribution in [-0.4, -0.2) is 26.7 Å². The summed E-state index contributed by atoms with van der Waals surface area (Å²) in [5.74, 6) is 0.354. The molecular weight excluding hydrogens is 278 g/mol. The minimum absolute atomic E-state index is 0.301. The van der Waals surface area contributed by atoms with Crippen molar-refractivity contribution in [2.45, 2.75) is 32.5 Å². The molecule has 1 atom stereocenters. The Bertz CT molecular complexity index is 620. The van der Waals surface area contributed by atoms with Crippen LogP contribution in [0.25, 0.3) is 0 Å². The van der Waals surface area contributed by atoms with Gasteiger partial charge >= 0.3 is 0 Å². The minimum atomic E-state index is -1.11. The number of aliphatic hydroxyl groups excluding tert-OH is 1. The highest BCUT2D eigenvalue weighted by Crippen LogP contribution is 2.04. The first-order valence-corrected chi connectivity index (χ1v) is 7.33. The summed E-state index contributed by atoms with van der Waals surface area (Å²) in [6.07, 6.45) is 6.49. The van der Waals surface area contributed by atoms with Crippen molar-refractivity contribution in [1.29, 1.82) is 0 Å². The van der Waals surface area contributed by atoms with Crippen LogP contribution in [0.4, 0.5) is 0 Å². The maximum Gasteiger partial charge on any atom is 0.253 e. The van der Waals surface area contributed by atoms with Crippen LogP contribution in [0.5, 0.6) is 0 Å². The largest absolute Gasteiger partial charge is 0.379 e. The molecule has 0 aliphatic carbocycles. The third kappa shape index (κ3) is 4.56. The van der Waals surface area contributed by atoms with E-state index in [-0.39, 0.29) is 0 Å². The number of rotatable bonds is 7. The molecule has 0 aliphatic rings. The van der Waals surface area contributed by atoms with E-state index in [2.05, 4.69) is 22.4 Å². The second-order valence-electron chi connectivity index (χ2n) is 4.96. The molecule has 2 rings (SSSR count). The first-order chi connectivity index (χ1) is 10.7. The van der Waals surface area contributed by atoms with Crippen molar-refractivity contribution >= 4 is 5.91 Å². The van der Waals surface area contributed by atoms with E-state index in [9.17, 15) is 9.90 Å². The fraction of sp³-hybridized carbons (Fsp3) is 0.294. The summed E-state index contributed by atoms with van der Waals surface area (Å²) in [7, 11) is 0. The molecule has 5 heteroatoms. The van der Waals surface area contributed by atoms with E-state index in [1.807, 2.05) is 29.0 Å². The van der Waals surface area contributed by atoms with Gasteiger partial charge < -0.3 is 15.0 Å². The van der Waals surface area contributed by atoms with Gasteiger partial charge in [-0.3, -0.25) is 4.79 Å². The van der Waals surface area contributed by atoms with Crippen molar-refractivity contribution < 1.29 is 9.90 Å². The molecule has 0 spiro atoms. The van der Waals surface area contributed by atoms with E-state index in [0.717, 1.165) is 18.8 Å². The van der Waals surface area contributed by atoms with E-state index < -0.39 is 12.0 Å². The van der Waals surface area contributed by atoms with Crippen molar-refractivity contribution in [3.63, 3.8) is 0 Å². The number of benzene rings is 1. The lowest BCUT2D eigenvalue weighted by atomic mass is 10.1. The van der Waals surface area contributed by atoms with Gasteiger partial charge in [-0.25, -0.2) is 4.98 Å². The number of allylic oxidation sites excluding steroid dienone is 1. The third-order valence-corrected chi connectivity index (χ3v) is 3.35. The number of amides is 1. The third-order valence-electron chi connectivity index (χ3n) is 3.35. The van der Waals surface area contributed by atoms with Gasteiger partial charge in [0, 0.05) is 18.9 Å². The lowest BCUT2D eigenvalue weighted by Gasteiger charge is -2.10. The monoisotopic (exact) mass is 299 g/mol. The van der Waals surface area contributed by atoms with Gasteiger partial charge in [0.05, 0.1) is 6.54 Å². The van der Waals surface area contributed by atoms with Crippen molar-refractivity contribution in [2.75, 3.05) is 0 Å². The van der Waals surface area contributed by atoms with Gasteiger partial charge in [-0.1, -0.05) is 42.5 Å². The summed E-state index contributed by atoms with van der Waals surface area (Å²) >= 11 is 0. The number of aromatic nitrogens is 2. The maximum absolute atomic E-state index is 11.7.